The van der Waals surface area contributed by atoms with Crippen molar-refractivity contribution in [3.8, 4) is 11.6 Å². The van der Waals surface area contributed by atoms with Crippen LogP contribution in [0.1, 0.15) is 49.4 Å². The summed E-state index contributed by atoms with van der Waals surface area (Å²) < 4.78 is 8.98. The molecule has 0 spiro atoms. The third-order valence-corrected chi connectivity index (χ3v) is 7.83. The first-order valence-corrected chi connectivity index (χ1v) is 13.9. The number of hydrogen-bond donors (Lipinski definition) is 0. The summed E-state index contributed by atoms with van der Waals surface area (Å²) in [6, 6.07) is 14.0. The van der Waals surface area contributed by atoms with Crippen LogP contribution >= 0.6 is 45.2 Å². The highest BCUT2D eigenvalue weighted by Gasteiger charge is 2.22. The molecule has 188 valence electrons. The zero-order valence-corrected chi connectivity index (χ0v) is 23.8. The number of para-hydroxylation sites is 1. The highest BCUT2D eigenvalue weighted by atomic mass is 127. The van der Waals surface area contributed by atoms with Gasteiger partial charge < -0.3 is 4.74 Å². The third kappa shape index (κ3) is 5.66. The molecule has 0 unspecified atom stereocenters. The Morgan fingerprint density at radius 2 is 1.81 bits per heavy atom. The molecule has 1 aliphatic rings. The quantitative estimate of drug-likeness (QED) is 0.0957. The van der Waals surface area contributed by atoms with Gasteiger partial charge in [0.1, 0.15) is 12.0 Å². The van der Waals surface area contributed by atoms with Gasteiger partial charge in [0.15, 0.2) is 5.75 Å². The van der Waals surface area contributed by atoms with Gasteiger partial charge in [0.2, 0.25) is 5.88 Å². The lowest BCUT2D eigenvalue weighted by Crippen LogP contribution is -2.25. The van der Waals surface area contributed by atoms with Crippen molar-refractivity contribution < 1.29 is 9.66 Å². The second kappa shape index (κ2) is 11.2. The van der Waals surface area contributed by atoms with Crippen LogP contribution in [0.25, 0.3) is 10.9 Å². The van der Waals surface area contributed by atoms with Crippen molar-refractivity contribution in [3.63, 3.8) is 0 Å². The van der Waals surface area contributed by atoms with Crippen molar-refractivity contribution in [2.45, 2.75) is 38.0 Å². The Hall–Kier alpha value is -2.94. The standard InChI is InChI=1S/C26H21I2N5O4/c27-20-12-16(13-21(28)24(20)37-23-11-10-18(15-29-23)33(35)36)14-30-32-25(17-6-2-1-3-7-17)31-22-9-5-4-8-19(22)26(32)34/h4-5,8-15,17H,1-3,6-7H2. The van der Waals surface area contributed by atoms with Crippen LogP contribution in [0.3, 0.4) is 0 Å². The van der Waals surface area contributed by atoms with E-state index in [9.17, 15) is 14.9 Å². The van der Waals surface area contributed by atoms with Crippen LogP contribution in [-0.4, -0.2) is 25.8 Å². The number of aromatic nitrogens is 3. The number of benzene rings is 2. The predicted molar refractivity (Wildman–Crippen MR) is 158 cm³/mol. The number of pyridine rings is 1. The van der Waals surface area contributed by atoms with Crippen LogP contribution in [0.4, 0.5) is 5.69 Å². The third-order valence-electron chi connectivity index (χ3n) is 6.23. The number of fused-ring (bicyclic) bond motifs is 1. The van der Waals surface area contributed by atoms with Crippen LogP contribution in [0.15, 0.2) is 64.6 Å². The lowest BCUT2D eigenvalue weighted by molar-refractivity contribution is -0.385. The zero-order valence-electron chi connectivity index (χ0n) is 19.5. The molecule has 1 saturated carbocycles. The summed E-state index contributed by atoms with van der Waals surface area (Å²) in [7, 11) is 0. The van der Waals surface area contributed by atoms with Crippen molar-refractivity contribution in [2.24, 2.45) is 5.10 Å². The average molecular weight is 721 g/mol. The van der Waals surface area contributed by atoms with E-state index in [4.69, 9.17) is 9.72 Å². The first kappa shape index (κ1) is 25.7. The molecule has 0 amide bonds. The van der Waals surface area contributed by atoms with E-state index in [-0.39, 0.29) is 23.0 Å². The van der Waals surface area contributed by atoms with Gasteiger partial charge in [-0.15, -0.1) is 0 Å². The first-order valence-electron chi connectivity index (χ1n) is 11.7. The summed E-state index contributed by atoms with van der Waals surface area (Å²) in [5, 5.41) is 16.0. The summed E-state index contributed by atoms with van der Waals surface area (Å²) in [4.78, 5) is 32.6. The van der Waals surface area contributed by atoms with E-state index >= 15 is 0 Å². The number of hydrogen-bond acceptors (Lipinski definition) is 7. The number of halogens is 2. The predicted octanol–water partition coefficient (Wildman–Crippen LogP) is 6.63. The SMILES string of the molecule is O=c1c2ccccc2nc(C2CCCCC2)n1N=Cc1cc(I)c(Oc2ccc([N+](=O)[O-])cn2)c(I)c1. The van der Waals surface area contributed by atoms with Crippen molar-refractivity contribution in [2.75, 3.05) is 0 Å². The highest BCUT2D eigenvalue weighted by Crippen LogP contribution is 2.33. The molecule has 0 radical (unpaired) electrons. The summed E-state index contributed by atoms with van der Waals surface area (Å²) in [6.07, 6.45) is 8.28. The van der Waals surface area contributed by atoms with Crippen molar-refractivity contribution in [3.05, 3.63) is 93.7 Å². The molecule has 9 nitrogen and oxygen atoms in total. The van der Waals surface area contributed by atoms with Crippen LogP contribution in [0, 0.1) is 17.3 Å². The zero-order chi connectivity index (χ0) is 25.9. The van der Waals surface area contributed by atoms with Crippen LogP contribution in [0.2, 0.25) is 0 Å². The minimum absolute atomic E-state index is 0.102. The van der Waals surface area contributed by atoms with Gasteiger partial charge in [-0.2, -0.15) is 9.78 Å². The fraction of sp³-hybridized carbons (Fsp3) is 0.231. The van der Waals surface area contributed by atoms with Crippen LogP contribution in [0.5, 0.6) is 11.6 Å². The smallest absolute Gasteiger partial charge is 0.287 e. The Bertz CT molecular complexity index is 1540. The Labute approximate surface area is 239 Å². The second-order valence-electron chi connectivity index (χ2n) is 8.71. The van der Waals surface area contributed by atoms with E-state index in [0.717, 1.165) is 44.6 Å². The Morgan fingerprint density at radius 3 is 2.49 bits per heavy atom. The maximum atomic E-state index is 13.4. The number of nitro groups is 1. The van der Waals surface area contributed by atoms with Gasteiger partial charge >= 0.3 is 0 Å². The molecule has 2 aromatic heterocycles. The van der Waals surface area contributed by atoms with Gasteiger partial charge in [0.05, 0.1) is 29.2 Å². The summed E-state index contributed by atoms with van der Waals surface area (Å²) in [5.74, 6) is 1.77. The number of rotatable bonds is 6. The van der Waals surface area contributed by atoms with E-state index in [2.05, 4.69) is 55.3 Å². The second-order valence-corrected chi connectivity index (χ2v) is 11.0. The van der Waals surface area contributed by atoms with E-state index in [1.807, 2.05) is 30.3 Å². The van der Waals surface area contributed by atoms with Gasteiger partial charge in [0.25, 0.3) is 11.2 Å². The molecular formula is C26H21I2N5O4. The van der Waals surface area contributed by atoms with E-state index in [0.29, 0.717) is 22.5 Å². The lowest BCUT2D eigenvalue weighted by Gasteiger charge is -2.22. The monoisotopic (exact) mass is 721 g/mol. The fourth-order valence-corrected chi connectivity index (χ4v) is 6.44. The topological polar surface area (TPSA) is 113 Å². The molecule has 0 bridgehead atoms. The molecule has 1 aliphatic carbocycles. The molecule has 2 aromatic carbocycles. The van der Waals surface area contributed by atoms with E-state index in [1.165, 1.54) is 23.2 Å². The molecule has 0 aliphatic heterocycles. The van der Waals surface area contributed by atoms with Crippen LogP contribution in [-0.2, 0) is 0 Å². The van der Waals surface area contributed by atoms with Gasteiger partial charge in [-0.3, -0.25) is 14.9 Å². The lowest BCUT2D eigenvalue weighted by atomic mass is 9.88. The van der Waals surface area contributed by atoms with E-state index in [1.54, 1.807) is 12.3 Å². The summed E-state index contributed by atoms with van der Waals surface area (Å²) in [6.45, 7) is 0. The largest absolute Gasteiger partial charge is 0.437 e. The minimum Gasteiger partial charge on any atom is -0.437 e. The average Bonchev–Trinajstić information content (AvgIpc) is 2.91. The number of ether oxygens (including phenoxy) is 1. The van der Waals surface area contributed by atoms with Gasteiger partial charge in [-0.05, 0) is 87.9 Å². The van der Waals surface area contributed by atoms with Crippen LogP contribution < -0.4 is 10.3 Å². The maximum Gasteiger partial charge on any atom is 0.287 e. The Balaban J connectivity index is 1.47. The van der Waals surface area contributed by atoms with Gasteiger partial charge in [-0.1, -0.05) is 31.4 Å². The molecular weight excluding hydrogens is 700 g/mol. The fourth-order valence-electron chi connectivity index (χ4n) is 4.40. The molecule has 2 heterocycles. The highest BCUT2D eigenvalue weighted by molar-refractivity contribution is 14.1. The summed E-state index contributed by atoms with van der Waals surface area (Å²) >= 11 is 4.32. The normalized spacial score (nSPS) is 14.3. The Morgan fingerprint density at radius 1 is 1.08 bits per heavy atom. The molecule has 37 heavy (non-hydrogen) atoms. The molecule has 0 atom stereocenters. The molecule has 11 heteroatoms. The van der Waals surface area contributed by atoms with Crippen molar-refractivity contribution >= 4 is 68.0 Å². The molecule has 1 fully saturated rings. The van der Waals surface area contributed by atoms with Crippen molar-refractivity contribution in [1.29, 1.82) is 0 Å². The molecule has 5 rings (SSSR count). The minimum atomic E-state index is -0.505. The number of nitrogens with zero attached hydrogens (tertiary/aromatic N) is 5. The molecule has 4 aromatic rings. The van der Waals surface area contributed by atoms with E-state index < -0.39 is 4.92 Å². The van der Waals surface area contributed by atoms with Gasteiger partial charge in [0, 0.05) is 18.1 Å². The maximum absolute atomic E-state index is 13.4. The first-order chi connectivity index (χ1) is 17.9. The van der Waals surface area contributed by atoms with Gasteiger partial charge in [-0.25, -0.2) is 9.97 Å². The summed E-state index contributed by atoms with van der Waals surface area (Å²) in [5.41, 5.74) is 1.22. The molecule has 0 saturated heterocycles. The molecule has 0 N–H and O–H groups in total. The Kier molecular flexibility index (Phi) is 7.79. The van der Waals surface area contributed by atoms with Crippen molar-refractivity contribution in [1.82, 2.24) is 14.6 Å².